The minimum atomic E-state index is -0.280. The quantitative estimate of drug-likeness (QED) is 0.674. The molecule has 0 aliphatic heterocycles. The van der Waals surface area contributed by atoms with Crippen LogP contribution in [0.3, 0.4) is 0 Å². The van der Waals surface area contributed by atoms with Crippen LogP contribution in [0, 0.1) is 0 Å². The van der Waals surface area contributed by atoms with E-state index in [1.807, 2.05) is 18.2 Å². The molecule has 2 atom stereocenters. The van der Waals surface area contributed by atoms with E-state index >= 15 is 0 Å². The van der Waals surface area contributed by atoms with E-state index in [1.54, 1.807) is 30.3 Å². The van der Waals surface area contributed by atoms with Crippen molar-refractivity contribution in [3.05, 3.63) is 71.8 Å². The van der Waals surface area contributed by atoms with Crippen LogP contribution in [0.25, 0.3) is 11.3 Å². The Bertz CT molecular complexity index is 959. The monoisotopic (exact) mass is 346 g/mol. The van der Waals surface area contributed by atoms with Crippen LogP contribution in [0.15, 0.2) is 60.7 Å². The Morgan fingerprint density at radius 1 is 1.08 bits per heavy atom. The summed E-state index contributed by atoms with van der Waals surface area (Å²) in [6.45, 7) is 0. The number of hydrogen-bond donors (Lipinski definition) is 3. The molecule has 0 saturated heterocycles. The number of aromatic hydroxyl groups is 1. The van der Waals surface area contributed by atoms with Crippen molar-refractivity contribution in [2.45, 2.75) is 18.4 Å². The van der Waals surface area contributed by atoms with E-state index in [0.717, 1.165) is 6.42 Å². The lowest BCUT2D eigenvalue weighted by Crippen LogP contribution is -2.28. The number of benzene rings is 2. The van der Waals surface area contributed by atoms with Crippen LogP contribution in [-0.2, 0) is 0 Å². The smallest absolute Gasteiger partial charge is 0.255 e. The molecular weight excluding hydrogens is 328 g/mol. The molecule has 3 aromatic rings. The van der Waals surface area contributed by atoms with Crippen molar-refractivity contribution in [1.82, 2.24) is 15.5 Å². The van der Waals surface area contributed by atoms with Crippen LogP contribution in [0.2, 0.25) is 0 Å². The van der Waals surface area contributed by atoms with Crippen molar-refractivity contribution in [3.8, 4) is 17.0 Å². The number of nitrogens with two attached hydrogens (primary N) is 1. The number of phenolic OH excluding ortho intramolecular Hbond substituents is 1. The van der Waals surface area contributed by atoms with Crippen molar-refractivity contribution in [3.63, 3.8) is 0 Å². The molecule has 4 N–H and O–H groups in total. The lowest BCUT2D eigenvalue weighted by Gasteiger charge is -2.09. The number of aromatic nitrogens is 2. The van der Waals surface area contributed by atoms with E-state index in [1.165, 1.54) is 5.56 Å². The molecule has 1 aliphatic carbocycles. The fourth-order valence-electron chi connectivity index (χ4n) is 3.07. The zero-order valence-corrected chi connectivity index (χ0v) is 14.0. The molecule has 0 radical (unpaired) electrons. The second-order valence-electron chi connectivity index (χ2n) is 6.38. The first-order valence-corrected chi connectivity index (χ1v) is 8.41. The number of hydrogen-bond acceptors (Lipinski definition) is 5. The predicted octanol–water partition coefficient (Wildman–Crippen LogP) is 2.72. The third kappa shape index (κ3) is 3.09. The van der Waals surface area contributed by atoms with Gasteiger partial charge in [-0.05, 0) is 30.2 Å². The van der Waals surface area contributed by atoms with Gasteiger partial charge in [-0.3, -0.25) is 4.79 Å². The average molecular weight is 346 g/mol. The Morgan fingerprint density at radius 2 is 1.81 bits per heavy atom. The lowest BCUT2D eigenvalue weighted by molar-refractivity contribution is 0.0951. The molecule has 2 aromatic carbocycles. The fourth-order valence-corrected chi connectivity index (χ4v) is 3.07. The lowest BCUT2D eigenvalue weighted by atomic mass is 10.1. The molecule has 1 aliphatic rings. The number of phenols is 1. The average Bonchev–Trinajstić information content (AvgIpc) is 3.42. The zero-order chi connectivity index (χ0) is 18.1. The molecule has 1 heterocycles. The summed E-state index contributed by atoms with van der Waals surface area (Å²) in [7, 11) is 0. The highest BCUT2D eigenvalue weighted by molar-refractivity contribution is 5.99. The number of rotatable bonds is 4. The van der Waals surface area contributed by atoms with E-state index in [2.05, 4.69) is 27.6 Å². The zero-order valence-electron chi connectivity index (χ0n) is 14.0. The van der Waals surface area contributed by atoms with Gasteiger partial charge in [-0.2, -0.15) is 0 Å². The van der Waals surface area contributed by atoms with E-state index < -0.39 is 0 Å². The molecule has 6 heteroatoms. The SMILES string of the molecule is Nc1nnc(-c2ccccc2O)cc1C(=O)NC1CC1c1ccccc1. The first kappa shape index (κ1) is 16.1. The summed E-state index contributed by atoms with van der Waals surface area (Å²) in [6, 6.07) is 18.5. The van der Waals surface area contributed by atoms with E-state index in [0.29, 0.717) is 17.2 Å². The topological polar surface area (TPSA) is 101 Å². The summed E-state index contributed by atoms with van der Waals surface area (Å²) in [5.74, 6) is 0.189. The van der Waals surface area contributed by atoms with Gasteiger partial charge in [0, 0.05) is 17.5 Å². The number of nitrogens with zero attached hydrogens (tertiary/aromatic N) is 2. The first-order valence-electron chi connectivity index (χ1n) is 8.41. The van der Waals surface area contributed by atoms with Gasteiger partial charge in [0.1, 0.15) is 5.75 Å². The highest BCUT2D eigenvalue weighted by Crippen LogP contribution is 2.40. The molecule has 0 spiro atoms. The van der Waals surface area contributed by atoms with Crippen molar-refractivity contribution in [1.29, 1.82) is 0 Å². The third-order valence-electron chi connectivity index (χ3n) is 4.58. The van der Waals surface area contributed by atoms with E-state index in [-0.39, 0.29) is 29.1 Å². The molecule has 26 heavy (non-hydrogen) atoms. The Hall–Kier alpha value is -3.41. The van der Waals surface area contributed by atoms with Gasteiger partial charge in [-0.1, -0.05) is 42.5 Å². The Kier molecular flexibility index (Phi) is 4.01. The maximum Gasteiger partial charge on any atom is 0.255 e. The summed E-state index contributed by atoms with van der Waals surface area (Å²) in [6.07, 6.45) is 0.903. The summed E-state index contributed by atoms with van der Waals surface area (Å²) in [5, 5.41) is 20.9. The standard InChI is InChI=1S/C20H18N4O2/c21-19-15(11-17(23-24-19)13-8-4-5-9-18(13)25)20(26)22-16-10-14(16)12-6-2-1-3-7-12/h1-9,11,14,16,25H,10H2,(H2,21,24)(H,22,26). The molecule has 6 nitrogen and oxygen atoms in total. The van der Waals surface area contributed by atoms with E-state index in [4.69, 9.17) is 5.73 Å². The van der Waals surface area contributed by atoms with Crippen LogP contribution in [-0.4, -0.2) is 27.3 Å². The number of nitrogen functional groups attached to an aromatic ring is 1. The number of anilines is 1. The maximum atomic E-state index is 12.6. The number of amides is 1. The van der Waals surface area contributed by atoms with Gasteiger partial charge in [0.25, 0.3) is 5.91 Å². The second kappa shape index (κ2) is 6.48. The van der Waals surface area contributed by atoms with E-state index in [9.17, 15) is 9.90 Å². The fraction of sp³-hybridized carbons (Fsp3) is 0.150. The third-order valence-corrected chi connectivity index (χ3v) is 4.58. The van der Waals surface area contributed by atoms with Crippen LogP contribution >= 0.6 is 0 Å². The van der Waals surface area contributed by atoms with Crippen LogP contribution < -0.4 is 11.1 Å². The van der Waals surface area contributed by atoms with Crippen molar-refractivity contribution in [2.24, 2.45) is 0 Å². The number of carbonyl (C=O) groups is 1. The van der Waals surface area contributed by atoms with Gasteiger partial charge in [-0.25, -0.2) is 0 Å². The summed E-state index contributed by atoms with van der Waals surface area (Å²) < 4.78 is 0. The minimum absolute atomic E-state index is 0.0681. The Labute approximate surface area is 150 Å². The molecule has 1 fully saturated rings. The number of para-hydroxylation sites is 1. The number of carbonyl (C=O) groups excluding carboxylic acids is 1. The van der Waals surface area contributed by atoms with Gasteiger partial charge in [0.05, 0.1) is 11.3 Å². The molecule has 130 valence electrons. The minimum Gasteiger partial charge on any atom is -0.507 e. The first-order chi connectivity index (χ1) is 12.6. The molecule has 4 rings (SSSR count). The van der Waals surface area contributed by atoms with Crippen molar-refractivity contribution in [2.75, 3.05) is 5.73 Å². The largest absolute Gasteiger partial charge is 0.507 e. The molecule has 1 amide bonds. The summed E-state index contributed by atoms with van der Waals surface area (Å²) >= 11 is 0. The second-order valence-corrected chi connectivity index (χ2v) is 6.38. The molecule has 1 aromatic heterocycles. The van der Waals surface area contributed by atoms with Gasteiger partial charge < -0.3 is 16.2 Å². The van der Waals surface area contributed by atoms with Crippen molar-refractivity contribution < 1.29 is 9.90 Å². The van der Waals surface area contributed by atoms with Gasteiger partial charge in [-0.15, -0.1) is 10.2 Å². The molecule has 2 unspecified atom stereocenters. The molecule has 0 bridgehead atoms. The molecular formula is C20H18N4O2. The summed E-state index contributed by atoms with van der Waals surface area (Å²) in [4.78, 5) is 12.6. The maximum absolute atomic E-state index is 12.6. The normalized spacial score (nSPS) is 18.3. The Balaban J connectivity index is 1.53. The van der Waals surface area contributed by atoms with Gasteiger partial charge in [0.2, 0.25) is 0 Å². The molecule has 1 saturated carbocycles. The highest BCUT2D eigenvalue weighted by atomic mass is 16.3. The van der Waals surface area contributed by atoms with Gasteiger partial charge in [0.15, 0.2) is 5.82 Å². The van der Waals surface area contributed by atoms with Crippen LogP contribution in [0.5, 0.6) is 5.75 Å². The summed E-state index contributed by atoms with van der Waals surface area (Å²) in [5.41, 5.74) is 8.23. The van der Waals surface area contributed by atoms with Crippen molar-refractivity contribution >= 4 is 11.7 Å². The van der Waals surface area contributed by atoms with Gasteiger partial charge >= 0.3 is 0 Å². The predicted molar refractivity (Wildman–Crippen MR) is 98.6 cm³/mol. The number of nitrogens with one attached hydrogen (secondary N) is 1. The van der Waals surface area contributed by atoms with Crippen LogP contribution in [0.1, 0.15) is 28.3 Å². The van der Waals surface area contributed by atoms with Crippen LogP contribution in [0.4, 0.5) is 5.82 Å². The highest BCUT2D eigenvalue weighted by Gasteiger charge is 2.39. The Morgan fingerprint density at radius 3 is 2.58 bits per heavy atom.